The SMILES string of the molecule is CC1CC(C)C(n2cc(C(F)(F)F)cn2)C(O)C1. The second-order valence-corrected chi connectivity index (χ2v) is 5.32. The summed E-state index contributed by atoms with van der Waals surface area (Å²) < 4.78 is 38.8. The van der Waals surface area contributed by atoms with Crippen molar-refractivity contribution in [2.75, 3.05) is 0 Å². The maximum atomic E-state index is 12.5. The summed E-state index contributed by atoms with van der Waals surface area (Å²) in [6.07, 6.45) is -1.71. The first kappa shape index (κ1) is 13.4. The van der Waals surface area contributed by atoms with E-state index < -0.39 is 17.8 Å². The van der Waals surface area contributed by atoms with Crippen molar-refractivity contribution in [2.24, 2.45) is 11.8 Å². The summed E-state index contributed by atoms with van der Waals surface area (Å²) in [7, 11) is 0. The number of alkyl halides is 3. The van der Waals surface area contributed by atoms with Crippen molar-refractivity contribution < 1.29 is 18.3 Å². The molecule has 1 aromatic heterocycles. The van der Waals surface area contributed by atoms with Crippen LogP contribution in [0.2, 0.25) is 0 Å². The lowest BCUT2D eigenvalue weighted by atomic mass is 9.78. The molecule has 18 heavy (non-hydrogen) atoms. The van der Waals surface area contributed by atoms with Crippen molar-refractivity contribution in [1.82, 2.24) is 9.78 Å². The van der Waals surface area contributed by atoms with Crippen LogP contribution in [0.4, 0.5) is 13.2 Å². The van der Waals surface area contributed by atoms with Gasteiger partial charge in [0.2, 0.25) is 0 Å². The summed E-state index contributed by atoms with van der Waals surface area (Å²) in [5.41, 5.74) is -0.763. The summed E-state index contributed by atoms with van der Waals surface area (Å²) in [5.74, 6) is 0.508. The van der Waals surface area contributed by atoms with Crippen LogP contribution < -0.4 is 0 Å². The van der Waals surface area contributed by atoms with Crippen molar-refractivity contribution in [3.63, 3.8) is 0 Å². The molecule has 0 spiro atoms. The average molecular weight is 262 g/mol. The predicted octanol–water partition coefficient (Wildman–Crippen LogP) is 2.87. The fraction of sp³-hybridized carbons (Fsp3) is 0.750. The molecule has 2 rings (SSSR count). The van der Waals surface area contributed by atoms with Gasteiger partial charge in [-0.2, -0.15) is 18.3 Å². The van der Waals surface area contributed by atoms with Crippen molar-refractivity contribution in [2.45, 2.75) is 45.0 Å². The Morgan fingerprint density at radius 1 is 1.33 bits per heavy atom. The highest BCUT2D eigenvalue weighted by Crippen LogP contribution is 2.38. The fourth-order valence-corrected chi connectivity index (χ4v) is 2.89. The first-order chi connectivity index (χ1) is 8.29. The van der Waals surface area contributed by atoms with E-state index in [9.17, 15) is 18.3 Å². The van der Waals surface area contributed by atoms with E-state index >= 15 is 0 Å². The summed E-state index contributed by atoms with van der Waals surface area (Å²) in [6, 6.07) is -0.364. The molecule has 0 bridgehead atoms. The first-order valence-corrected chi connectivity index (χ1v) is 6.08. The predicted molar refractivity (Wildman–Crippen MR) is 59.8 cm³/mol. The Labute approximate surface area is 104 Å². The Bertz CT molecular complexity index is 404. The maximum Gasteiger partial charge on any atom is 0.419 e. The lowest BCUT2D eigenvalue weighted by molar-refractivity contribution is -0.137. The number of rotatable bonds is 1. The van der Waals surface area contributed by atoms with Gasteiger partial charge in [0.25, 0.3) is 0 Å². The van der Waals surface area contributed by atoms with Crippen LogP contribution in [0.1, 0.15) is 38.3 Å². The molecule has 0 radical (unpaired) electrons. The van der Waals surface area contributed by atoms with Gasteiger partial charge in [0.05, 0.1) is 23.9 Å². The van der Waals surface area contributed by atoms with E-state index in [1.54, 1.807) is 0 Å². The van der Waals surface area contributed by atoms with E-state index in [2.05, 4.69) is 5.10 Å². The molecule has 1 heterocycles. The highest BCUT2D eigenvalue weighted by molar-refractivity contribution is 5.09. The number of aromatic nitrogens is 2. The van der Waals surface area contributed by atoms with Gasteiger partial charge in [-0.05, 0) is 24.7 Å². The van der Waals surface area contributed by atoms with Crippen molar-refractivity contribution >= 4 is 0 Å². The molecular weight excluding hydrogens is 245 g/mol. The Balaban J connectivity index is 2.23. The third-order valence-electron chi connectivity index (χ3n) is 3.63. The molecule has 0 amide bonds. The molecule has 102 valence electrons. The number of nitrogens with zero attached hydrogens (tertiary/aromatic N) is 2. The molecule has 0 aliphatic heterocycles. The van der Waals surface area contributed by atoms with Crippen LogP contribution in [0.25, 0.3) is 0 Å². The van der Waals surface area contributed by atoms with Crippen LogP contribution in [0.5, 0.6) is 0 Å². The van der Waals surface area contributed by atoms with E-state index in [0.717, 1.165) is 18.8 Å². The number of aliphatic hydroxyl groups excluding tert-OH is 1. The zero-order chi connectivity index (χ0) is 13.5. The summed E-state index contributed by atoms with van der Waals surface area (Å²) >= 11 is 0. The summed E-state index contributed by atoms with van der Waals surface area (Å²) in [4.78, 5) is 0. The first-order valence-electron chi connectivity index (χ1n) is 6.08. The molecule has 4 atom stereocenters. The highest BCUT2D eigenvalue weighted by Gasteiger charge is 2.37. The second kappa shape index (κ2) is 4.57. The van der Waals surface area contributed by atoms with Crippen molar-refractivity contribution in [3.05, 3.63) is 18.0 Å². The zero-order valence-electron chi connectivity index (χ0n) is 10.4. The molecule has 6 heteroatoms. The van der Waals surface area contributed by atoms with Crippen molar-refractivity contribution in [1.29, 1.82) is 0 Å². The van der Waals surface area contributed by atoms with Crippen LogP contribution >= 0.6 is 0 Å². The lowest BCUT2D eigenvalue weighted by Gasteiger charge is -2.36. The van der Waals surface area contributed by atoms with Gasteiger partial charge in [-0.3, -0.25) is 4.68 Å². The lowest BCUT2D eigenvalue weighted by Crippen LogP contribution is -2.36. The van der Waals surface area contributed by atoms with Gasteiger partial charge >= 0.3 is 6.18 Å². The van der Waals surface area contributed by atoms with E-state index in [0.29, 0.717) is 12.3 Å². The van der Waals surface area contributed by atoms with E-state index in [4.69, 9.17) is 0 Å². The van der Waals surface area contributed by atoms with Crippen LogP contribution in [0.15, 0.2) is 12.4 Å². The minimum absolute atomic E-state index is 0.115. The Morgan fingerprint density at radius 3 is 2.50 bits per heavy atom. The minimum Gasteiger partial charge on any atom is -0.391 e. The molecule has 1 fully saturated rings. The Hall–Kier alpha value is -1.04. The Kier molecular flexibility index (Phi) is 3.40. The Morgan fingerprint density at radius 2 is 2.00 bits per heavy atom. The van der Waals surface area contributed by atoms with Gasteiger partial charge in [0.15, 0.2) is 0 Å². The number of hydrogen-bond acceptors (Lipinski definition) is 2. The van der Waals surface area contributed by atoms with Crippen LogP contribution in [0.3, 0.4) is 0 Å². The van der Waals surface area contributed by atoms with E-state index in [1.165, 1.54) is 4.68 Å². The van der Waals surface area contributed by atoms with Gasteiger partial charge in [-0.1, -0.05) is 13.8 Å². The molecule has 3 nitrogen and oxygen atoms in total. The largest absolute Gasteiger partial charge is 0.419 e. The van der Waals surface area contributed by atoms with Crippen LogP contribution in [0, 0.1) is 11.8 Å². The molecule has 1 aliphatic rings. The second-order valence-electron chi connectivity index (χ2n) is 5.32. The topological polar surface area (TPSA) is 38.0 Å². The summed E-state index contributed by atoms with van der Waals surface area (Å²) in [5, 5.41) is 13.8. The highest BCUT2D eigenvalue weighted by atomic mass is 19.4. The molecule has 1 aromatic rings. The van der Waals surface area contributed by atoms with Gasteiger partial charge in [0, 0.05) is 6.20 Å². The maximum absolute atomic E-state index is 12.5. The van der Waals surface area contributed by atoms with E-state index in [1.807, 2.05) is 13.8 Å². The molecular formula is C12H17F3N2O. The monoisotopic (exact) mass is 262 g/mol. The molecule has 0 saturated heterocycles. The molecule has 4 unspecified atom stereocenters. The van der Waals surface area contributed by atoms with Crippen LogP contribution in [-0.4, -0.2) is 21.0 Å². The average Bonchev–Trinajstić information content (AvgIpc) is 2.64. The fourth-order valence-electron chi connectivity index (χ4n) is 2.89. The van der Waals surface area contributed by atoms with Gasteiger partial charge in [0.1, 0.15) is 0 Å². The van der Waals surface area contributed by atoms with Gasteiger partial charge < -0.3 is 5.11 Å². The third-order valence-corrected chi connectivity index (χ3v) is 3.63. The normalized spacial score (nSPS) is 33.7. The zero-order valence-corrected chi connectivity index (χ0v) is 10.4. The number of halogens is 3. The van der Waals surface area contributed by atoms with Crippen LogP contribution in [-0.2, 0) is 6.18 Å². The van der Waals surface area contributed by atoms with Gasteiger partial charge in [-0.25, -0.2) is 0 Å². The number of hydrogen-bond donors (Lipinski definition) is 1. The molecule has 1 saturated carbocycles. The molecule has 1 aliphatic carbocycles. The number of aliphatic hydroxyl groups is 1. The standard InChI is InChI=1S/C12H17F3N2O/c1-7-3-8(2)11(10(18)4-7)17-6-9(5-16-17)12(13,14)15/h5-8,10-11,18H,3-4H2,1-2H3. The summed E-state index contributed by atoms with van der Waals surface area (Å²) in [6.45, 7) is 3.98. The quantitative estimate of drug-likeness (QED) is 0.845. The molecule has 1 N–H and O–H groups in total. The molecule has 0 aromatic carbocycles. The smallest absolute Gasteiger partial charge is 0.391 e. The minimum atomic E-state index is -4.38. The van der Waals surface area contributed by atoms with Crippen molar-refractivity contribution in [3.8, 4) is 0 Å². The third kappa shape index (κ3) is 2.53. The van der Waals surface area contributed by atoms with Gasteiger partial charge in [-0.15, -0.1) is 0 Å². The van der Waals surface area contributed by atoms with E-state index in [-0.39, 0.29) is 12.0 Å².